The number of carbonyl (C=O) groups excluding carboxylic acids is 1. The number of nitrogens with one attached hydrogen (secondary N) is 1. The van der Waals surface area contributed by atoms with Gasteiger partial charge < -0.3 is 5.32 Å². The van der Waals surface area contributed by atoms with Gasteiger partial charge in [-0.1, -0.05) is 41.7 Å². The Kier molecular flexibility index (Phi) is 4.65. The van der Waals surface area contributed by atoms with Crippen LogP contribution in [-0.4, -0.2) is 33.4 Å². The van der Waals surface area contributed by atoms with Crippen LogP contribution >= 0.6 is 34.9 Å². The fraction of sp³-hybridized carbons (Fsp3) is 0.286. The number of anilines is 1. The van der Waals surface area contributed by atoms with E-state index in [1.54, 1.807) is 11.8 Å². The standard InChI is InChI=1S/C14H14N2OS3/c17-13(12-9-18-6-7-19-12)16-14-15-8-11(20-14)10-4-2-1-3-5-10/h1-5,8,12H,6-7,9H2,(H,15,16,17)/t12-/m0/s1. The first-order valence-corrected chi connectivity index (χ1v) is 9.36. The summed E-state index contributed by atoms with van der Waals surface area (Å²) >= 11 is 5.10. The Morgan fingerprint density at radius 3 is 2.85 bits per heavy atom. The van der Waals surface area contributed by atoms with Crippen molar-refractivity contribution in [3.63, 3.8) is 0 Å². The molecule has 1 aromatic carbocycles. The maximum Gasteiger partial charge on any atom is 0.240 e. The van der Waals surface area contributed by atoms with Gasteiger partial charge in [0.2, 0.25) is 5.91 Å². The molecule has 1 aliphatic heterocycles. The molecule has 0 radical (unpaired) electrons. The van der Waals surface area contributed by atoms with E-state index in [-0.39, 0.29) is 11.2 Å². The summed E-state index contributed by atoms with van der Waals surface area (Å²) in [5, 5.41) is 3.67. The number of carbonyl (C=O) groups is 1. The average molecular weight is 322 g/mol. The van der Waals surface area contributed by atoms with E-state index in [9.17, 15) is 4.79 Å². The number of thioether (sulfide) groups is 2. The summed E-state index contributed by atoms with van der Waals surface area (Å²) in [5.41, 5.74) is 1.13. The van der Waals surface area contributed by atoms with Crippen molar-refractivity contribution in [2.75, 3.05) is 22.6 Å². The molecule has 104 valence electrons. The van der Waals surface area contributed by atoms with Gasteiger partial charge in [0.1, 0.15) is 0 Å². The number of thiazole rings is 1. The van der Waals surface area contributed by atoms with E-state index in [1.165, 1.54) is 11.3 Å². The smallest absolute Gasteiger partial charge is 0.240 e. The lowest BCUT2D eigenvalue weighted by Crippen LogP contribution is -2.29. The lowest BCUT2D eigenvalue weighted by atomic mass is 10.2. The molecule has 3 rings (SSSR count). The molecule has 20 heavy (non-hydrogen) atoms. The Balaban J connectivity index is 1.66. The lowest BCUT2D eigenvalue weighted by molar-refractivity contribution is -0.115. The van der Waals surface area contributed by atoms with Gasteiger partial charge >= 0.3 is 0 Å². The summed E-state index contributed by atoms with van der Waals surface area (Å²) in [6, 6.07) is 10.1. The number of hydrogen-bond donors (Lipinski definition) is 1. The van der Waals surface area contributed by atoms with Crippen molar-refractivity contribution in [1.29, 1.82) is 0 Å². The molecule has 0 spiro atoms. The molecule has 1 atom stereocenters. The zero-order valence-corrected chi connectivity index (χ0v) is 13.2. The summed E-state index contributed by atoms with van der Waals surface area (Å²) in [5.74, 6) is 3.17. The minimum Gasteiger partial charge on any atom is -0.301 e. The maximum absolute atomic E-state index is 12.1. The van der Waals surface area contributed by atoms with Gasteiger partial charge in [-0.25, -0.2) is 4.98 Å². The van der Waals surface area contributed by atoms with Crippen LogP contribution in [-0.2, 0) is 4.79 Å². The Morgan fingerprint density at radius 2 is 2.10 bits per heavy atom. The van der Waals surface area contributed by atoms with Crippen LogP contribution in [0.3, 0.4) is 0 Å². The predicted molar refractivity (Wildman–Crippen MR) is 89.8 cm³/mol. The number of rotatable bonds is 3. The fourth-order valence-corrected chi connectivity index (χ4v) is 5.27. The highest BCUT2D eigenvalue weighted by molar-refractivity contribution is 8.07. The number of aromatic nitrogens is 1. The summed E-state index contributed by atoms with van der Waals surface area (Å²) in [7, 11) is 0. The van der Waals surface area contributed by atoms with Crippen molar-refractivity contribution in [3.8, 4) is 10.4 Å². The third kappa shape index (κ3) is 3.37. The summed E-state index contributed by atoms with van der Waals surface area (Å²) < 4.78 is 0. The van der Waals surface area contributed by atoms with Gasteiger partial charge in [0.25, 0.3) is 0 Å². The van der Waals surface area contributed by atoms with Gasteiger partial charge in [0.15, 0.2) is 5.13 Å². The molecule has 0 aliphatic carbocycles. The Bertz CT molecular complexity index is 579. The Morgan fingerprint density at radius 1 is 1.25 bits per heavy atom. The molecule has 0 unspecified atom stereocenters. The molecule has 2 heterocycles. The van der Waals surface area contributed by atoms with E-state index in [0.29, 0.717) is 5.13 Å². The second kappa shape index (κ2) is 6.65. The molecular weight excluding hydrogens is 308 g/mol. The van der Waals surface area contributed by atoms with Crippen LogP contribution in [0.15, 0.2) is 36.5 Å². The van der Waals surface area contributed by atoms with Gasteiger partial charge in [-0.3, -0.25) is 4.79 Å². The highest BCUT2D eigenvalue weighted by Crippen LogP contribution is 2.30. The highest BCUT2D eigenvalue weighted by Gasteiger charge is 2.22. The van der Waals surface area contributed by atoms with Crippen LogP contribution in [0.1, 0.15) is 0 Å². The van der Waals surface area contributed by atoms with E-state index in [0.717, 1.165) is 27.7 Å². The SMILES string of the molecule is O=C(Nc1ncc(-c2ccccc2)s1)[C@@H]1CSCCS1. The van der Waals surface area contributed by atoms with E-state index in [1.807, 2.05) is 48.3 Å². The van der Waals surface area contributed by atoms with Gasteiger partial charge in [0.05, 0.1) is 10.1 Å². The first-order valence-electron chi connectivity index (χ1n) is 6.34. The maximum atomic E-state index is 12.1. The molecule has 0 saturated carbocycles. The Hall–Kier alpha value is -0.980. The molecule has 1 N–H and O–H groups in total. The van der Waals surface area contributed by atoms with E-state index in [4.69, 9.17) is 0 Å². The molecule has 1 aromatic heterocycles. The molecule has 3 nitrogen and oxygen atoms in total. The normalized spacial score (nSPS) is 18.7. The summed E-state index contributed by atoms with van der Waals surface area (Å²) in [6.07, 6.45) is 1.82. The molecule has 1 amide bonds. The molecule has 1 fully saturated rings. The number of benzene rings is 1. The van der Waals surface area contributed by atoms with Gasteiger partial charge in [0, 0.05) is 23.5 Å². The topological polar surface area (TPSA) is 42.0 Å². The summed E-state index contributed by atoms with van der Waals surface area (Å²) in [4.78, 5) is 17.5. The Labute approximate surface area is 130 Å². The van der Waals surface area contributed by atoms with Crippen molar-refractivity contribution >= 4 is 45.9 Å². The van der Waals surface area contributed by atoms with Crippen LogP contribution in [0, 0.1) is 0 Å². The van der Waals surface area contributed by atoms with E-state index < -0.39 is 0 Å². The molecule has 6 heteroatoms. The van der Waals surface area contributed by atoms with Crippen LogP contribution in [0.25, 0.3) is 10.4 Å². The van der Waals surface area contributed by atoms with Gasteiger partial charge in [-0.15, -0.1) is 11.8 Å². The average Bonchev–Trinajstić information content (AvgIpc) is 2.97. The van der Waals surface area contributed by atoms with Crippen LogP contribution in [0.2, 0.25) is 0 Å². The third-order valence-electron chi connectivity index (χ3n) is 2.90. The monoisotopic (exact) mass is 322 g/mol. The molecule has 0 bridgehead atoms. The zero-order valence-electron chi connectivity index (χ0n) is 10.7. The van der Waals surface area contributed by atoms with Crippen molar-refractivity contribution in [2.45, 2.75) is 5.25 Å². The van der Waals surface area contributed by atoms with Gasteiger partial charge in [-0.2, -0.15) is 11.8 Å². The largest absolute Gasteiger partial charge is 0.301 e. The minimum absolute atomic E-state index is 0.0535. The first-order chi connectivity index (χ1) is 9.83. The molecule has 1 aliphatic rings. The summed E-state index contributed by atoms with van der Waals surface area (Å²) in [6.45, 7) is 0. The molecule has 1 saturated heterocycles. The van der Waals surface area contributed by atoms with Crippen LogP contribution in [0.5, 0.6) is 0 Å². The predicted octanol–water partition coefficient (Wildman–Crippen LogP) is 3.60. The lowest BCUT2D eigenvalue weighted by Gasteiger charge is -2.19. The third-order valence-corrected chi connectivity index (χ3v) is 6.62. The van der Waals surface area contributed by atoms with E-state index >= 15 is 0 Å². The van der Waals surface area contributed by atoms with E-state index in [2.05, 4.69) is 10.3 Å². The van der Waals surface area contributed by atoms with Crippen LogP contribution < -0.4 is 5.32 Å². The van der Waals surface area contributed by atoms with Crippen molar-refractivity contribution in [2.24, 2.45) is 0 Å². The zero-order chi connectivity index (χ0) is 13.8. The van der Waals surface area contributed by atoms with Crippen LogP contribution in [0.4, 0.5) is 5.13 Å². The van der Waals surface area contributed by atoms with Gasteiger partial charge in [-0.05, 0) is 5.56 Å². The number of hydrogen-bond acceptors (Lipinski definition) is 5. The second-order valence-electron chi connectivity index (χ2n) is 4.32. The fourth-order valence-electron chi connectivity index (χ4n) is 1.89. The molecule has 2 aromatic rings. The molecular formula is C14H14N2OS3. The highest BCUT2D eigenvalue weighted by atomic mass is 32.2. The second-order valence-corrected chi connectivity index (χ2v) is 7.81. The minimum atomic E-state index is 0.0535. The van der Waals surface area contributed by atoms with Crippen molar-refractivity contribution in [1.82, 2.24) is 4.98 Å². The first kappa shape index (κ1) is 14.0. The van der Waals surface area contributed by atoms with Crippen molar-refractivity contribution < 1.29 is 4.79 Å². The number of amides is 1. The quantitative estimate of drug-likeness (QED) is 0.937. The number of nitrogens with zero attached hydrogens (tertiary/aromatic N) is 1. The van der Waals surface area contributed by atoms with Crippen molar-refractivity contribution in [3.05, 3.63) is 36.5 Å².